The largest absolute Gasteiger partial charge is 0.387 e. The normalized spacial score (nSPS) is 24.6. The van der Waals surface area contributed by atoms with Crippen LogP contribution in [0.25, 0.3) is 0 Å². The smallest absolute Gasteiger partial charge is 0.0927 e. The zero-order chi connectivity index (χ0) is 11.8. The molecule has 2 aromatic rings. The van der Waals surface area contributed by atoms with E-state index in [-0.39, 0.29) is 6.10 Å². The number of aliphatic hydroxyl groups is 1. The van der Waals surface area contributed by atoms with E-state index in [1.165, 1.54) is 5.56 Å². The fourth-order valence-corrected chi connectivity index (χ4v) is 4.03. The van der Waals surface area contributed by atoms with Gasteiger partial charge < -0.3 is 5.11 Å². The van der Waals surface area contributed by atoms with Gasteiger partial charge in [0.1, 0.15) is 0 Å². The summed E-state index contributed by atoms with van der Waals surface area (Å²) in [4.78, 5) is 1.06. The van der Waals surface area contributed by atoms with Crippen LogP contribution in [0.1, 0.15) is 28.9 Å². The van der Waals surface area contributed by atoms with E-state index < -0.39 is 0 Å². The predicted molar refractivity (Wildman–Crippen MR) is 74.3 cm³/mol. The fraction of sp³-hybridized carbons (Fsp3) is 0.286. The standard InChI is InChI=1S/C14H13BrOS/c15-12-6-7-17-14(12)13(16)11-8-10(11)9-4-2-1-3-5-9/h1-7,10-11,13,16H,8H2. The van der Waals surface area contributed by atoms with Gasteiger partial charge in [-0.15, -0.1) is 11.3 Å². The van der Waals surface area contributed by atoms with E-state index >= 15 is 0 Å². The first-order chi connectivity index (χ1) is 8.27. The van der Waals surface area contributed by atoms with Gasteiger partial charge in [0.2, 0.25) is 0 Å². The van der Waals surface area contributed by atoms with Crippen molar-refractivity contribution in [1.29, 1.82) is 0 Å². The summed E-state index contributed by atoms with van der Waals surface area (Å²) < 4.78 is 1.04. The van der Waals surface area contributed by atoms with Gasteiger partial charge in [0, 0.05) is 9.35 Å². The van der Waals surface area contributed by atoms with Crippen LogP contribution < -0.4 is 0 Å². The summed E-state index contributed by atoms with van der Waals surface area (Å²) in [5.74, 6) is 0.910. The minimum Gasteiger partial charge on any atom is -0.387 e. The molecule has 1 aromatic heterocycles. The molecule has 0 amide bonds. The number of aliphatic hydroxyl groups excluding tert-OH is 1. The molecule has 1 aliphatic carbocycles. The molecule has 1 aliphatic rings. The predicted octanol–water partition coefficient (Wildman–Crippen LogP) is 4.35. The lowest BCUT2D eigenvalue weighted by Gasteiger charge is -2.09. The van der Waals surface area contributed by atoms with Crippen LogP contribution in [0.2, 0.25) is 0 Å². The average Bonchev–Trinajstić information content (AvgIpc) is 3.05. The van der Waals surface area contributed by atoms with Crippen molar-refractivity contribution in [2.45, 2.75) is 18.4 Å². The first kappa shape index (κ1) is 11.5. The van der Waals surface area contributed by atoms with Gasteiger partial charge in [-0.2, -0.15) is 0 Å². The summed E-state index contributed by atoms with van der Waals surface area (Å²) in [6.45, 7) is 0. The molecule has 1 saturated carbocycles. The first-order valence-corrected chi connectivity index (χ1v) is 7.40. The van der Waals surface area contributed by atoms with Crippen LogP contribution in [-0.4, -0.2) is 5.11 Å². The molecule has 3 unspecified atom stereocenters. The minimum atomic E-state index is -0.324. The summed E-state index contributed by atoms with van der Waals surface area (Å²) >= 11 is 5.12. The first-order valence-electron chi connectivity index (χ1n) is 5.73. The Bertz CT molecular complexity index is 508. The second kappa shape index (κ2) is 4.56. The van der Waals surface area contributed by atoms with Gasteiger partial charge >= 0.3 is 0 Å². The highest BCUT2D eigenvalue weighted by atomic mass is 79.9. The van der Waals surface area contributed by atoms with Crippen LogP contribution in [0.4, 0.5) is 0 Å². The maximum absolute atomic E-state index is 10.3. The highest BCUT2D eigenvalue weighted by Gasteiger charge is 2.44. The lowest BCUT2D eigenvalue weighted by Crippen LogP contribution is -1.99. The zero-order valence-electron chi connectivity index (χ0n) is 9.21. The molecule has 88 valence electrons. The Morgan fingerprint density at radius 3 is 2.65 bits per heavy atom. The zero-order valence-corrected chi connectivity index (χ0v) is 11.6. The molecule has 1 aromatic carbocycles. The summed E-state index contributed by atoms with van der Waals surface area (Å²) in [5.41, 5.74) is 1.35. The topological polar surface area (TPSA) is 20.2 Å². The van der Waals surface area contributed by atoms with Gasteiger partial charge in [0.25, 0.3) is 0 Å². The monoisotopic (exact) mass is 308 g/mol. The molecule has 1 heterocycles. The summed E-state index contributed by atoms with van der Waals surface area (Å²) in [6.07, 6.45) is 0.768. The van der Waals surface area contributed by atoms with Crippen LogP contribution in [0.5, 0.6) is 0 Å². The quantitative estimate of drug-likeness (QED) is 0.894. The minimum absolute atomic E-state index is 0.324. The third-order valence-corrected chi connectivity index (χ3v) is 5.33. The van der Waals surface area contributed by atoms with Crippen molar-refractivity contribution in [2.75, 3.05) is 0 Å². The van der Waals surface area contributed by atoms with Crippen LogP contribution in [-0.2, 0) is 0 Å². The van der Waals surface area contributed by atoms with Crippen LogP contribution in [0, 0.1) is 5.92 Å². The van der Waals surface area contributed by atoms with E-state index in [1.54, 1.807) is 11.3 Å². The van der Waals surface area contributed by atoms with Gasteiger partial charge in [-0.25, -0.2) is 0 Å². The van der Waals surface area contributed by atoms with E-state index in [1.807, 2.05) is 17.5 Å². The molecule has 1 fully saturated rings. The highest BCUT2D eigenvalue weighted by molar-refractivity contribution is 9.10. The third-order valence-electron chi connectivity index (χ3n) is 3.39. The van der Waals surface area contributed by atoms with E-state index in [9.17, 15) is 5.11 Å². The molecule has 1 N–H and O–H groups in total. The van der Waals surface area contributed by atoms with Gasteiger partial charge in [0.15, 0.2) is 0 Å². The molecule has 3 atom stereocenters. The van der Waals surface area contributed by atoms with Crippen molar-refractivity contribution in [3.05, 3.63) is 56.7 Å². The number of hydrogen-bond acceptors (Lipinski definition) is 2. The molecule has 0 aliphatic heterocycles. The van der Waals surface area contributed by atoms with E-state index in [2.05, 4.69) is 40.2 Å². The van der Waals surface area contributed by atoms with Gasteiger partial charge in [-0.05, 0) is 51.2 Å². The molecule has 1 nitrogen and oxygen atoms in total. The average molecular weight is 309 g/mol. The Morgan fingerprint density at radius 2 is 2.00 bits per heavy atom. The van der Waals surface area contributed by atoms with Crippen molar-refractivity contribution in [3.63, 3.8) is 0 Å². The number of hydrogen-bond donors (Lipinski definition) is 1. The Kier molecular flexibility index (Phi) is 3.07. The van der Waals surface area contributed by atoms with E-state index in [0.29, 0.717) is 11.8 Å². The van der Waals surface area contributed by atoms with Crippen molar-refractivity contribution in [2.24, 2.45) is 5.92 Å². The summed E-state index contributed by atoms with van der Waals surface area (Å²) in [5, 5.41) is 12.4. The molecule has 3 heteroatoms. The van der Waals surface area contributed by atoms with Crippen LogP contribution in [0.3, 0.4) is 0 Å². The van der Waals surface area contributed by atoms with E-state index in [0.717, 1.165) is 15.8 Å². The second-order valence-electron chi connectivity index (χ2n) is 4.49. The van der Waals surface area contributed by atoms with Crippen LogP contribution >= 0.6 is 27.3 Å². The number of benzene rings is 1. The SMILES string of the molecule is OC(c1sccc1Br)C1CC1c1ccccc1. The van der Waals surface area contributed by atoms with Crippen molar-refractivity contribution >= 4 is 27.3 Å². The molecule has 0 saturated heterocycles. The molecule has 17 heavy (non-hydrogen) atoms. The number of rotatable bonds is 3. The lowest BCUT2D eigenvalue weighted by molar-refractivity contribution is 0.154. The van der Waals surface area contributed by atoms with Crippen LogP contribution in [0.15, 0.2) is 46.3 Å². The van der Waals surface area contributed by atoms with Gasteiger partial charge in [-0.3, -0.25) is 0 Å². The van der Waals surface area contributed by atoms with Gasteiger partial charge in [0.05, 0.1) is 6.10 Å². The molecular formula is C14H13BrOS. The third kappa shape index (κ3) is 2.19. The Hall–Kier alpha value is -0.640. The maximum atomic E-state index is 10.3. The van der Waals surface area contributed by atoms with Crippen molar-refractivity contribution in [3.8, 4) is 0 Å². The summed E-state index contributed by atoms with van der Waals surface area (Å²) in [7, 11) is 0. The molecule has 0 bridgehead atoms. The molecule has 3 rings (SSSR count). The Balaban J connectivity index is 1.75. The second-order valence-corrected chi connectivity index (χ2v) is 6.30. The van der Waals surface area contributed by atoms with Crippen molar-refractivity contribution < 1.29 is 5.11 Å². The Labute approximate surface area is 113 Å². The summed E-state index contributed by atoms with van der Waals surface area (Å²) in [6, 6.07) is 12.5. The highest BCUT2D eigenvalue weighted by Crippen LogP contribution is 2.55. The fourth-order valence-electron chi connectivity index (χ4n) is 2.36. The maximum Gasteiger partial charge on any atom is 0.0927 e. The Morgan fingerprint density at radius 1 is 1.24 bits per heavy atom. The number of thiophene rings is 1. The van der Waals surface area contributed by atoms with Gasteiger partial charge in [-0.1, -0.05) is 30.3 Å². The molecule has 0 radical (unpaired) electrons. The number of halogens is 1. The lowest BCUT2D eigenvalue weighted by atomic mass is 10.1. The van der Waals surface area contributed by atoms with E-state index in [4.69, 9.17) is 0 Å². The molecular weight excluding hydrogens is 296 g/mol. The van der Waals surface area contributed by atoms with Crippen molar-refractivity contribution in [1.82, 2.24) is 0 Å². The molecule has 0 spiro atoms.